The lowest BCUT2D eigenvalue weighted by Gasteiger charge is -2.25. The van der Waals surface area contributed by atoms with E-state index in [1.165, 1.54) is 6.07 Å². The second-order valence-electron chi connectivity index (χ2n) is 3.66. The average Bonchev–Trinajstić information content (AvgIpc) is 2.61. The standard InChI is InChI=1S/C11H13ClFN2/c1-2-11(14)15-4-3-7-5-9(13)8(12)6-10(7)15/h2,5-6,11H,3-4,14H2,1H3. The molecule has 0 saturated heterocycles. The van der Waals surface area contributed by atoms with E-state index >= 15 is 0 Å². The Labute approximate surface area is 93.8 Å². The van der Waals surface area contributed by atoms with Gasteiger partial charge in [0.2, 0.25) is 0 Å². The van der Waals surface area contributed by atoms with Crippen LogP contribution >= 0.6 is 11.6 Å². The van der Waals surface area contributed by atoms with Crippen LogP contribution in [-0.4, -0.2) is 12.7 Å². The number of nitrogens with two attached hydrogens (primary N) is 1. The average molecular weight is 228 g/mol. The molecular weight excluding hydrogens is 215 g/mol. The van der Waals surface area contributed by atoms with Gasteiger partial charge >= 0.3 is 0 Å². The molecule has 1 unspecified atom stereocenters. The second-order valence-corrected chi connectivity index (χ2v) is 4.07. The van der Waals surface area contributed by atoms with Gasteiger partial charge in [0.25, 0.3) is 0 Å². The van der Waals surface area contributed by atoms with Gasteiger partial charge in [0, 0.05) is 12.2 Å². The van der Waals surface area contributed by atoms with Crippen LogP contribution in [0.4, 0.5) is 10.1 Å². The lowest BCUT2D eigenvalue weighted by atomic mass is 10.1. The molecule has 0 aliphatic carbocycles. The molecule has 1 heterocycles. The molecule has 0 spiro atoms. The smallest absolute Gasteiger partial charge is 0.142 e. The topological polar surface area (TPSA) is 29.3 Å². The molecule has 15 heavy (non-hydrogen) atoms. The molecular formula is C11H13ClFN2. The molecule has 2 rings (SSSR count). The minimum atomic E-state index is -0.355. The van der Waals surface area contributed by atoms with Crippen molar-refractivity contribution in [3.05, 3.63) is 35.0 Å². The summed E-state index contributed by atoms with van der Waals surface area (Å²) in [6.07, 6.45) is 2.60. The zero-order valence-electron chi connectivity index (χ0n) is 8.50. The van der Waals surface area contributed by atoms with Crippen LogP contribution in [0.5, 0.6) is 0 Å². The lowest BCUT2D eigenvalue weighted by Crippen LogP contribution is -2.40. The van der Waals surface area contributed by atoms with Crippen LogP contribution in [-0.2, 0) is 6.42 Å². The highest BCUT2D eigenvalue weighted by atomic mass is 35.5. The van der Waals surface area contributed by atoms with E-state index in [1.54, 1.807) is 6.07 Å². The molecule has 1 aliphatic rings. The third kappa shape index (κ3) is 1.82. The van der Waals surface area contributed by atoms with Crippen LogP contribution in [0.2, 0.25) is 5.02 Å². The molecule has 1 radical (unpaired) electrons. The van der Waals surface area contributed by atoms with E-state index in [0.29, 0.717) is 0 Å². The first-order valence-electron chi connectivity index (χ1n) is 4.93. The number of rotatable bonds is 2. The molecule has 2 nitrogen and oxygen atoms in total. The quantitative estimate of drug-likeness (QED) is 0.841. The summed E-state index contributed by atoms with van der Waals surface area (Å²) in [4.78, 5) is 2.03. The highest BCUT2D eigenvalue weighted by molar-refractivity contribution is 6.31. The minimum Gasteiger partial charge on any atom is -0.355 e. The Morgan fingerprint density at radius 1 is 1.60 bits per heavy atom. The molecule has 0 fully saturated rings. The van der Waals surface area contributed by atoms with Gasteiger partial charge in [-0.3, -0.25) is 0 Å². The molecule has 1 atom stereocenters. The van der Waals surface area contributed by atoms with Crippen LogP contribution in [0.3, 0.4) is 0 Å². The van der Waals surface area contributed by atoms with E-state index in [1.807, 2.05) is 18.2 Å². The van der Waals surface area contributed by atoms with Gasteiger partial charge in [-0.05, 0) is 30.5 Å². The third-order valence-electron chi connectivity index (χ3n) is 2.75. The van der Waals surface area contributed by atoms with Crippen LogP contribution in [0.25, 0.3) is 0 Å². The Bertz CT molecular complexity index is 381. The van der Waals surface area contributed by atoms with Crippen molar-refractivity contribution in [1.29, 1.82) is 0 Å². The van der Waals surface area contributed by atoms with E-state index in [2.05, 4.69) is 0 Å². The predicted molar refractivity (Wildman–Crippen MR) is 60.4 cm³/mol. The number of benzene rings is 1. The van der Waals surface area contributed by atoms with Crippen LogP contribution < -0.4 is 10.6 Å². The van der Waals surface area contributed by atoms with Crippen molar-refractivity contribution in [2.45, 2.75) is 19.5 Å². The van der Waals surface area contributed by atoms with E-state index < -0.39 is 0 Å². The van der Waals surface area contributed by atoms with Crippen molar-refractivity contribution >= 4 is 17.3 Å². The first-order chi connectivity index (χ1) is 7.13. The zero-order valence-corrected chi connectivity index (χ0v) is 9.26. The van der Waals surface area contributed by atoms with Gasteiger partial charge < -0.3 is 10.6 Å². The van der Waals surface area contributed by atoms with Crippen molar-refractivity contribution in [3.63, 3.8) is 0 Å². The van der Waals surface area contributed by atoms with Crippen molar-refractivity contribution in [2.24, 2.45) is 5.73 Å². The molecule has 81 valence electrons. The SMILES string of the molecule is C[CH]C(N)N1CCc2cc(F)c(Cl)cc21. The first-order valence-corrected chi connectivity index (χ1v) is 5.31. The Morgan fingerprint density at radius 3 is 3.00 bits per heavy atom. The molecule has 0 aromatic heterocycles. The summed E-state index contributed by atoms with van der Waals surface area (Å²) in [6, 6.07) is 3.16. The molecule has 1 aromatic rings. The van der Waals surface area contributed by atoms with E-state index in [0.717, 1.165) is 24.2 Å². The van der Waals surface area contributed by atoms with Gasteiger partial charge in [0.1, 0.15) is 5.82 Å². The van der Waals surface area contributed by atoms with Gasteiger partial charge in [0.15, 0.2) is 0 Å². The maximum atomic E-state index is 13.2. The maximum absolute atomic E-state index is 13.2. The first kappa shape index (κ1) is 10.7. The fraction of sp³-hybridized carbons (Fsp3) is 0.364. The Kier molecular flexibility index (Phi) is 2.85. The minimum absolute atomic E-state index is 0.132. The number of anilines is 1. The normalized spacial score (nSPS) is 16.7. The number of hydrogen-bond acceptors (Lipinski definition) is 2. The van der Waals surface area contributed by atoms with Crippen LogP contribution in [0.15, 0.2) is 12.1 Å². The van der Waals surface area contributed by atoms with Gasteiger partial charge in [-0.15, -0.1) is 0 Å². The Hall–Kier alpha value is -0.800. The monoisotopic (exact) mass is 227 g/mol. The summed E-state index contributed by atoms with van der Waals surface area (Å²) in [7, 11) is 0. The predicted octanol–water partition coefficient (Wildman–Crippen LogP) is 2.35. The Balaban J connectivity index is 2.38. The highest BCUT2D eigenvalue weighted by Crippen LogP contribution is 2.33. The zero-order chi connectivity index (χ0) is 11.0. The fourth-order valence-corrected chi connectivity index (χ4v) is 2.05. The molecule has 4 heteroatoms. The summed E-state index contributed by atoms with van der Waals surface area (Å²) in [6.45, 7) is 2.73. The van der Waals surface area contributed by atoms with Crippen molar-refractivity contribution in [1.82, 2.24) is 0 Å². The second kappa shape index (κ2) is 3.99. The van der Waals surface area contributed by atoms with E-state index in [4.69, 9.17) is 17.3 Å². The number of halogens is 2. The Morgan fingerprint density at radius 2 is 2.33 bits per heavy atom. The third-order valence-corrected chi connectivity index (χ3v) is 3.04. The van der Waals surface area contributed by atoms with Crippen molar-refractivity contribution in [3.8, 4) is 0 Å². The van der Waals surface area contributed by atoms with Crippen LogP contribution in [0, 0.1) is 12.2 Å². The summed E-state index contributed by atoms with van der Waals surface area (Å²) in [5.41, 5.74) is 7.85. The molecule has 0 amide bonds. The van der Waals surface area contributed by atoms with Gasteiger partial charge in [0.05, 0.1) is 11.2 Å². The molecule has 0 saturated carbocycles. The summed E-state index contributed by atoms with van der Waals surface area (Å²) in [5, 5.41) is 0.156. The number of nitrogens with zero attached hydrogens (tertiary/aromatic N) is 1. The van der Waals surface area contributed by atoms with Gasteiger partial charge in [-0.1, -0.05) is 18.5 Å². The highest BCUT2D eigenvalue weighted by Gasteiger charge is 2.24. The summed E-state index contributed by atoms with van der Waals surface area (Å²) < 4.78 is 13.2. The lowest BCUT2D eigenvalue weighted by molar-refractivity contribution is 0.627. The van der Waals surface area contributed by atoms with Crippen molar-refractivity contribution < 1.29 is 4.39 Å². The summed E-state index contributed by atoms with van der Waals surface area (Å²) in [5.74, 6) is -0.355. The number of hydrogen-bond donors (Lipinski definition) is 1. The largest absolute Gasteiger partial charge is 0.355 e. The summed E-state index contributed by atoms with van der Waals surface area (Å²) >= 11 is 5.75. The molecule has 1 aromatic carbocycles. The molecule has 2 N–H and O–H groups in total. The van der Waals surface area contributed by atoms with E-state index in [-0.39, 0.29) is 17.0 Å². The van der Waals surface area contributed by atoms with E-state index in [9.17, 15) is 4.39 Å². The van der Waals surface area contributed by atoms with Gasteiger partial charge in [-0.2, -0.15) is 0 Å². The number of fused-ring (bicyclic) bond motifs is 1. The van der Waals surface area contributed by atoms with Gasteiger partial charge in [-0.25, -0.2) is 4.39 Å². The fourth-order valence-electron chi connectivity index (χ4n) is 1.90. The van der Waals surface area contributed by atoms with Crippen LogP contribution in [0.1, 0.15) is 12.5 Å². The molecule has 0 bridgehead atoms. The molecule has 1 aliphatic heterocycles. The van der Waals surface area contributed by atoms with Crippen molar-refractivity contribution in [2.75, 3.05) is 11.4 Å². The maximum Gasteiger partial charge on any atom is 0.142 e.